The molecule has 9 heteroatoms. The van der Waals surface area contributed by atoms with Crippen LogP contribution in [0.1, 0.15) is 18.4 Å². The molecule has 3 aromatic rings. The van der Waals surface area contributed by atoms with E-state index in [0.29, 0.717) is 42.5 Å². The Morgan fingerprint density at radius 2 is 1.68 bits per heavy atom. The van der Waals surface area contributed by atoms with Crippen molar-refractivity contribution in [3.05, 3.63) is 60.6 Å². The monoisotopic (exact) mass is 417 g/mol. The summed E-state index contributed by atoms with van der Waals surface area (Å²) in [5, 5.41) is 12.0. The second kappa shape index (κ2) is 9.21. The van der Waals surface area contributed by atoms with Gasteiger partial charge in [-0.15, -0.1) is 0 Å². The van der Waals surface area contributed by atoms with Crippen LogP contribution in [0.2, 0.25) is 0 Å². The molecule has 31 heavy (non-hydrogen) atoms. The summed E-state index contributed by atoms with van der Waals surface area (Å²) in [4.78, 5) is 36.3. The standard InChI is InChI=1S/C22H23N7O2/c1-14-8-9-23-18(10-14)29-20-11-19(25-13-26-20)27-16-3-5-17(6-4-16)28-22(31)15-2-7-21(30)24-12-15/h3-6,8-11,13,15H,2,7,12H2,1H3,(H,24,30)(H,28,31)(H2,23,25,26,27,29). The lowest BCUT2D eigenvalue weighted by Crippen LogP contribution is -2.40. The summed E-state index contributed by atoms with van der Waals surface area (Å²) in [5.41, 5.74) is 2.62. The van der Waals surface area contributed by atoms with Crippen molar-refractivity contribution in [3.63, 3.8) is 0 Å². The lowest BCUT2D eigenvalue weighted by Gasteiger charge is -2.21. The third-order valence-corrected chi connectivity index (χ3v) is 4.90. The van der Waals surface area contributed by atoms with Gasteiger partial charge in [0.05, 0.1) is 5.92 Å². The van der Waals surface area contributed by atoms with Crippen molar-refractivity contribution in [2.45, 2.75) is 19.8 Å². The van der Waals surface area contributed by atoms with Crippen LogP contribution >= 0.6 is 0 Å². The highest BCUT2D eigenvalue weighted by molar-refractivity contribution is 5.94. The number of anilines is 5. The molecule has 1 aliphatic heterocycles. The van der Waals surface area contributed by atoms with Gasteiger partial charge in [0, 0.05) is 36.6 Å². The zero-order valence-electron chi connectivity index (χ0n) is 17.1. The third-order valence-electron chi connectivity index (χ3n) is 4.90. The van der Waals surface area contributed by atoms with E-state index < -0.39 is 0 Å². The van der Waals surface area contributed by atoms with E-state index in [-0.39, 0.29) is 17.7 Å². The number of benzene rings is 1. The number of amides is 2. The Balaban J connectivity index is 1.35. The minimum atomic E-state index is -0.203. The van der Waals surface area contributed by atoms with Gasteiger partial charge >= 0.3 is 0 Å². The number of carbonyl (C=O) groups is 2. The van der Waals surface area contributed by atoms with Gasteiger partial charge in [0.1, 0.15) is 23.8 Å². The minimum Gasteiger partial charge on any atom is -0.355 e. The lowest BCUT2D eigenvalue weighted by atomic mass is 9.98. The Morgan fingerprint density at radius 1 is 0.968 bits per heavy atom. The van der Waals surface area contributed by atoms with Crippen LogP contribution in [-0.4, -0.2) is 33.3 Å². The number of aryl methyl sites for hydroxylation is 1. The van der Waals surface area contributed by atoms with Crippen molar-refractivity contribution in [2.75, 3.05) is 22.5 Å². The predicted molar refractivity (Wildman–Crippen MR) is 118 cm³/mol. The van der Waals surface area contributed by atoms with Crippen molar-refractivity contribution in [3.8, 4) is 0 Å². The van der Waals surface area contributed by atoms with Crippen LogP contribution < -0.4 is 21.3 Å². The van der Waals surface area contributed by atoms with Crippen LogP contribution in [0.5, 0.6) is 0 Å². The van der Waals surface area contributed by atoms with E-state index in [0.717, 1.165) is 11.3 Å². The van der Waals surface area contributed by atoms with Crippen LogP contribution in [0.4, 0.5) is 28.8 Å². The van der Waals surface area contributed by atoms with E-state index in [9.17, 15) is 9.59 Å². The number of nitrogens with one attached hydrogen (secondary N) is 4. The highest BCUT2D eigenvalue weighted by Crippen LogP contribution is 2.21. The normalized spacial score (nSPS) is 15.6. The van der Waals surface area contributed by atoms with E-state index in [4.69, 9.17) is 0 Å². The molecular formula is C22H23N7O2. The first-order chi connectivity index (χ1) is 15.0. The molecule has 0 bridgehead atoms. The van der Waals surface area contributed by atoms with Crippen molar-refractivity contribution in [1.29, 1.82) is 0 Å². The molecule has 4 rings (SSSR count). The number of hydrogen-bond donors (Lipinski definition) is 4. The van der Waals surface area contributed by atoms with Gasteiger partial charge in [0.2, 0.25) is 11.8 Å². The Labute approximate surface area is 179 Å². The zero-order valence-corrected chi connectivity index (χ0v) is 17.1. The van der Waals surface area contributed by atoms with Crippen molar-refractivity contribution in [2.24, 2.45) is 5.92 Å². The molecule has 1 fully saturated rings. The van der Waals surface area contributed by atoms with Crippen molar-refractivity contribution in [1.82, 2.24) is 20.3 Å². The van der Waals surface area contributed by atoms with E-state index in [1.165, 1.54) is 6.33 Å². The van der Waals surface area contributed by atoms with E-state index >= 15 is 0 Å². The van der Waals surface area contributed by atoms with Gasteiger partial charge in [-0.1, -0.05) is 0 Å². The fourth-order valence-corrected chi connectivity index (χ4v) is 3.22. The molecule has 0 aliphatic carbocycles. The van der Waals surface area contributed by atoms with Crippen LogP contribution in [0, 0.1) is 12.8 Å². The molecule has 1 aliphatic rings. The maximum atomic E-state index is 12.4. The fourth-order valence-electron chi connectivity index (χ4n) is 3.22. The largest absolute Gasteiger partial charge is 0.355 e. The van der Waals surface area contributed by atoms with Gasteiger partial charge in [-0.3, -0.25) is 9.59 Å². The Hall–Kier alpha value is -4.01. The molecule has 1 aromatic carbocycles. The molecule has 3 heterocycles. The lowest BCUT2D eigenvalue weighted by molar-refractivity contribution is -0.126. The molecule has 2 amide bonds. The summed E-state index contributed by atoms with van der Waals surface area (Å²) < 4.78 is 0. The van der Waals surface area contributed by atoms with E-state index in [1.54, 1.807) is 12.3 Å². The quantitative estimate of drug-likeness (QED) is 0.486. The number of nitrogens with zero attached hydrogens (tertiary/aromatic N) is 3. The molecule has 158 valence electrons. The van der Waals surface area contributed by atoms with Crippen molar-refractivity contribution >= 4 is 40.6 Å². The molecule has 1 unspecified atom stereocenters. The number of hydrogen-bond acceptors (Lipinski definition) is 7. The maximum absolute atomic E-state index is 12.4. The van der Waals surface area contributed by atoms with Gasteiger partial charge in [-0.25, -0.2) is 15.0 Å². The van der Waals surface area contributed by atoms with E-state index in [1.807, 2.05) is 43.3 Å². The number of aromatic nitrogens is 3. The smallest absolute Gasteiger partial charge is 0.229 e. The van der Waals surface area contributed by atoms with Gasteiger partial charge in [-0.2, -0.15) is 0 Å². The molecule has 1 saturated heterocycles. The molecular weight excluding hydrogens is 394 g/mol. The van der Waals surface area contributed by atoms with Crippen LogP contribution in [0.3, 0.4) is 0 Å². The first-order valence-electron chi connectivity index (χ1n) is 10.0. The fraction of sp³-hybridized carbons (Fsp3) is 0.227. The number of pyridine rings is 1. The van der Waals surface area contributed by atoms with Crippen LogP contribution in [0.15, 0.2) is 55.0 Å². The summed E-state index contributed by atoms with van der Waals surface area (Å²) in [6.07, 6.45) is 4.16. The third kappa shape index (κ3) is 5.53. The van der Waals surface area contributed by atoms with Gasteiger partial charge in [0.25, 0.3) is 0 Å². The SMILES string of the molecule is Cc1ccnc(Nc2cc(Nc3ccc(NC(=O)C4CCC(=O)NC4)cc3)ncn2)c1. The predicted octanol–water partition coefficient (Wildman–Crippen LogP) is 3.13. The van der Waals surface area contributed by atoms with Crippen LogP contribution in [-0.2, 0) is 9.59 Å². The van der Waals surface area contributed by atoms with Gasteiger partial charge in [0.15, 0.2) is 0 Å². The summed E-state index contributed by atoms with van der Waals surface area (Å²) in [6, 6.07) is 13.0. The maximum Gasteiger partial charge on any atom is 0.229 e. The summed E-state index contributed by atoms with van der Waals surface area (Å²) in [5.74, 6) is 1.67. The average molecular weight is 417 g/mol. The number of carbonyl (C=O) groups excluding carboxylic acids is 2. The number of piperidine rings is 1. The van der Waals surface area contributed by atoms with E-state index in [2.05, 4.69) is 36.2 Å². The van der Waals surface area contributed by atoms with Gasteiger partial charge < -0.3 is 21.3 Å². The second-order valence-corrected chi connectivity index (χ2v) is 7.36. The first-order valence-corrected chi connectivity index (χ1v) is 10.0. The molecule has 1 atom stereocenters. The molecule has 9 nitrogen and oxygen atoms in total. The molecule has 0 radical (unpaired) electrons. The first kappa shape index (κ1) is 20.3. The van der Waals surface area contributed by atoms with Gasteiger partial charge in [-0.05, 0) is 55.3 Å². The molecule has 0 saturated carbocycles. The number of rotatable bonds is 6. The topological polar surface area (TPSA) is 121 Å². The minimum absolute atomic E-state index is 0.00213. The summed E-state index contributed by atoms with van der Waals surface area (Å²) >= 11 is 0. The Kier molecular flexibility index (Phi) is 6.02. The van der Waals surface area contributed by atoms with Crippen LogP contribution in [0.25, 0.3) is 0 Å². The molecule has 2 aromatic heterocycles. The average Bonchev–Trinajstić information content (AvgIpc) is 2.76. The zero-order chi connectivity index (χ0) is 21.6. The second-order valence-electron chi connectivity index (χ2n) is 7.36. The summed E-state index contributed by atoms with van der Waals surface area (Å²) in [7, 11) is 0. The highest BCUT2D eigenvalue weighted by Gasteiger charge is 2.24. The van der Waals surface area contributed by atoms with Crippen molar-refractivity contribution < 1.29 is 9.59 Å². The Morgan fingerprint density at radius 3 is 2.39 bits per heavy atom. The highest BCUT2D eigenvalue weighted by atomic mass is 16.2. The molecule has 4 N–H and O–H groups in total. The summed E-state index contributed by atoms with van der Waals surface area (Å²) in [6.45, 7) is 2.38. The molecule has 0 spiro atoms. The Bertz CT molecular complexity index is 1080.